The molecule has 1 heterocycles. The van der Waals surface area contributed by atoms with Crippen molar-refractivity contribution < 1.29 is 4.79 Å². The quantitative estimate of drug-likeness (QED) is 0.608. The highest BCUT2D eigenvalue weighted by atomic mass is 127. The number of thiazole rings is 1. The van der Waals surface area contributed by atoms with E-state index in [-0.39, 0.29) is 5.91 Å². The van der Waals surface area contributed by atoms with Gasteiger partial charge in [0.05, 0.1) is 9.88 Å². The van der Waals surface area contributed by atoms with Gasteiger partial charge in [-0.15, -0.1) is 11.3 Å². The molecule has 0 aliphatic heterocycles. The molecule has 2 aromatic carbocycles. The van der Waals surface area contributed by atoms with E-state index in [9.17, 15) is 4.79 Å². The zero-order valence-corrected chi connectivity index (χ0v) is 14.8. The number of benzene rings is 2. The van der Waals surface area contributed by atoms with E-state index in [1.165, 1.54) is 11.3 Å². The van der Waals surface area contributed by atoms with E-state index < -0.39 is 0 Å². The van der Waals surface area contributed by atoms with Gasteiger partial charge in [-0.3, -0.25) is 4.79 Å². The molecule has 0 unspecified atom stereocenters. The van der Waals surface area contributed by atoms with Gasteiger partial charge >= 0.3 is 0 Å². The van der Waals surface area contributed by atoms with Gasteiger partial charge in [0.1, 0.15) is 5.69 Å². The van der Waals surface area contributed by atoms with Gasteiger partial charge in [0.25, 0.3) is 5.91 Å². The standard InChI is InChI=1S/C17H13IN2OS/c1-11-19-15(16(22-11)12-5-3-2-4-6-12)17(21)20-14-9-7-13(18)8-10-14/h2-10H,1H3,(H,20,21). The van der Waals surface area contributed by atoms with E-state index >= 15 is 0 Å². The van der Waals surface area contributed by atoms with Crippen LogP contribution in [0.3, 0.4) is 0 Å². The molecule has 1 amide bonds. The molecule has 0 atom stereocenters. The van der Waals surface area contributed by atoms with Crippen LogP contribution in [0.2, 0.25) is 0 Å². The summed E-state index contributed by atoms with van der Waals surface area (Å²) in [7, 11) is 0. The fourth-order valence-corrected chi connectivity index (χ4v) is 3.37. The molecule has 110 valence electrons. The third kappa shape index (κ3) is 3.36. The Labute approximate surface area is 146 Å². The van der Waals surface area contributed by atoms with E-state index in [0.717, 1.165) is 24.7 Å². The molecule has 1 N–H and O–H groups in total. The molecule has 0 bridgehead atoms. The molecule has 0 aliphatic rings. The molecule has 0 radical (unpaired) electrons. The van der Waals surface area contributed by atoms with Crippen LogP contribution in [0, 0.1) is 10.5 Å². The molecule has 0 spiro atoms. The molecule has 3 rings (SSSR count). The monoisotopic (exact) mass is 420 g/mol. The maximum absolute atomic E-state index is 12.5. The minimum atomic E-state index is -0.176. The van der Waals surface area contributed by atoms with Gasteiger partial charge in [-0.25, -0.2) is 4.98 Å². The van der Waals surface area contributed by atoms with E-state index in [0.29, 0.717) is 5.69 Å². The average Bonchev–Trinajstić information content (AvgIpc) is 2.92. The number of carbonyl (C=O) groups is 1. The number of amides is 1. The molecule has 3 aromatic rings. The van der Waals surface area contributed by atoms with Crippen molar-refractivity contribution in [2.24, 2.45) is 0 Å². The minimum absolute atomic E-state index is 0.176. The van der Waals surface area contributed by atoms with Gasteiger partial charge in [0, 0.05) is 9.26 Å². The topological polar surface area (TPSA) is 42.0 Å². The summed E-state index contributed by atoms with van der Waals surface area (Å²) in [6.45, 7) is 1.92. The summed E-state index contributed by atoms with van der Waals surface area (Å²) in [6.07, 6.45) is 0. The first-order valence-corrected chi connectivity index (χ1v) is 8.63. The van der Waals surface area contributed by atoms with Gasteiger partial charge in [-0.05, 0) is 59.3 Å². The van der Waals surface area contributed by atoms with Gasteiger partial charge in [0.2, 0.25) is 0 Å². The zero-order chi connectivity index (χ0) is 15.5. The van der Waals surface area contributed by atoms with Crippen molar-refractivity contribution in [3.63, 3.8) is 0 Å². The summed E-state index contributed by atoms with van der Waals surface area (Å²) < 4.78 is 1.13. The van der Waals surface area contributed by atoms with Crippen LogP contribution in [-0.4, -0.2) is 10.9 Å². The second kappa shape index (κ2) is 6.58. The Morgan fingerprint density at radius 3 is 2.45 bits per heavy atom. The SMILES string of the molecule is Cc1nc(C(=O)Nc2ccc(I)cc2)c(-c2ccccc2)s1. The number of hydrogen-bond donors (Lipinski definition) is 1. The van der Waals surface area contributed by atoms with E-state index in [2.05, 4.69) is 32.9 Å². The van der Waals surface area contributed by atoms with Crippen molar-refractivity contribution in [3.05, 3.63) is 68.9 Å². The Morgan fingerprint density at radius 2 is 1.77 bits per heavy atom. The summed E-state index contributed by atoms with van der Waals surface area (Å²) >= 11 is 3.77. The number of halogens is 1. The minimum Gasteiger partial charge on any atom is -0.321 e. The highest BCUT2D eigenvalue weighted by molar-refractivity contribution is 14.1. The predicted molar refractivity (Wildman–Crippen MR) is 99.4 cm³/mol. The Morgan fingerprint density at radius 1 is 1.09 bits per heavy atom. The highest BCUT2D eigenvalue weighted by Crippen LogP contribution is 2.30. The summed E-state index contributed by atoms with van der Waals surface area (Å²) in [5.41, 5.74) is 2.27. The number of carbonyl (C=O) groups excluding carboxylic acids is 1. The summed E-state index contributed by atoms with van der Waals surface area (Å²) in [5.74, 6) is -0.176. The smallest absolute Gasteiger partial charge is 0.275 e. The Balaban J connectivity index is 1.91. The third-order valence-electron chi connectivity index (χ3n) is 3.09. The van der Waals surface area contributed by atoms with Gasteiger partial charge in [0.15, 0.2) is 0 Å². The third-order valence-corrected chi connectivity index (χ3v) is 4.83. The lowest BCUT2D eigenvalue weighted by molar-refractivity contribution is 0.102. The van der Waals surface area contributed by atoms with Crippen molar-refractivity contribution in [1.29, 1.82) is 0 Å². The number of anilines is 1. The summed E-state index contributed by atoms with van der Waals surface area (Å²) in [6, 6.07) is 17.6. The van der Waals surface area contributed by atoms with Crippen molar-refractivity contribution in [3.8, 4) is 10.4 Å². The van der Waals surface area contributed by atoms with Crippen molar-refractivity contribution in [2.45, 2.75) is 6.92 Å². The molecular weight excluding hydrogens is 407 g/mol. The predicted octanol–water partition coefficient (Wildman–Crippen LogP) is 4.98. The maximum atomic E-state index is 12.5. The van der Waals surface area contributed by atoms with Crippen LogP contribution in [0.4, 0.5) is 5.69 Å². The van der Waals surface area contributed by atoms with Crippen LogP contribution < -0.4 is 5.32 Å². The van der Waals surface area contributed by atoms with Crippen molar-refractivity contribution in [2.75, 3.05) is 5.32 Å². The number of nitrogens with zero attached hydrogens (tertiary/aromatic N) is 1. The first-order valence-electron chi connectivity index (χ1n) is 6.73. The fraction of sp³-hybridized carbons (Fsp3) is 0.0588. The molecule has 22 heavy (non-hydrogen) atoms. The molecule has 1 aromatic heterocycles. The maximum Gasteiger partial charge on any atom is 0.275 e. The lowest BCUT2D eigenvalue weighted by Gasteiger charge is -2.05. The van der Waals surface area contributed by atoms with Gasteiger partial charge < -0.3 is 5.32 Å². The lowest BCUT2D eigenvalue weighted by Crippen LogP contribution is -2.13. The van der Waals surface area contributed by atoms with Crippen LogP contribution in [0.25, 0.3) is 10.4 Å². The Kier molecular flexibility index (Phi) is 4.54. The van der Waals surface area contributed by atoms with Crippen LogP contribution in [0.1, 0.15) is 15.5 Å². The summed E-state index contributed by atoms with van der Waals surface area (Å²) in [4.78, 5) is 17.8. The summed E-state index contributed by atoms with van der Waals surface area (Å²) in [5, 5.41) is 3.79. The molecule has 0 aliphatic carbocycles. The van der Waals surface area contributed by atoms with Crippen LogP contribution in [0.5, 0.6) is 0 Å². The van der Waals surface area contributed by atoms with E-state index in [1.807, 2.05) is 61.5 Å². The number of nitrogens with one attached hydrogen (secondary N) is 1. The second-order valence-electron chi connectivity index (χ2n) is 4.74. The first-order chi connectivity index (χ1) is 10.6. The lowest BCUT2D eigenvalue weighted by atomic mass is 10.1. The normalized spacial score (nSPS) is 10.5. The Hall–Kier alpha value is -1.73. The molecule has 0 fully saturated rings. The van der Waals surface area contributed by atoms with Gasteiger partial charge in [-0.2, -0.15) is 0 Å². The number of hydrogen-bond acceptors (Lipinski definition) is 3. The van der Waals surface area contributed by atoms with Crippen molar-refractivity contribution >= 4 is 45.5 Å². The Bertz CT molecular complexity index is 797. The average molecular weight is 420 g/mol. The molecule has 5 heteroatoms. The molecule has 0 saturated heterocycles. The fourth-order valence-electron chi connectivity index (χ4n) is 2.09. The van der Waals surface area contributed by atoms with E-state index in [4.69, 9.17) is 0 Å². The molecule has 0 saturated carbocycles. The van der Waals surface area contributed by atoms with E-state index in [1.54, 1.807) is 0 Å². The van der Waals surface area contributed by atoms with Crippen LogP contribution >= 0.6 is 33.9 Å². The highest BCUT2D eigenvalue weighted by Gasteiger charge is 2.18. The largest absolute Gasteiger partial charge is 0.321 e. The van der Waals surface area contributed by atoms with Crippen molar-refractivity contribution in [1.82, 2.24) is 4.98 Å². The van der Waals surface area contributed by atoms with Crippen LogP contribution in [-0.2, 0) is 0 Å². The zero-order valence-electron chi connectivity index (χ0n) is 11.8. The first kappa shape index (κ1) is 15.2. The van der Waals surface area contributed by atoms with Crippen LogP contribution in [0.15, 0.2) is 54.6 Å². The molecule has 3 nitrogen and oxygen atoms in total. The number of aromatic nitrogens is 1. The second-order valence-corrected chi connectivity index (χ2v) is 7.19. The van der Waals surface area contributed by atoms with Gasteiger partial charge in [-0.1, -0.05) is 30.3 Å². The molecular formula is C17H13IN2OS. The number of rotatable bonds is 3. The number of aryl methyl sites for hydroxylation is 1.